The van der Waals surface area contributed by atoms with Crippen LogP contribution in [0.3, 0.4) is 0 Å². The lowest BCUT2D eigenvalue weighted by Crippen LogP contribution is -2.34. The van der Waals surface area contributed by atoms with E-state index in [4.69, 9.17) is 9.05 Å². The summed E-state index contributed by atoms with van der Waals surface area (Å²) in [4.78, 5) is 11.2. The number of carbonyl (C=O) groups is 1. The van der Waals surface area contributed by atoms with Gasteiger partial charge in [0.1, 0.15) is 11.8 Å². The highest BCUT2D eigenvalue weighted by Crippen LogP contribution is 2.43. The monoisotopic (exact) mass is 289 g/mol. The maximum absolute atomic E-state index is 12.2. The Morgan fingerprint density at radius 2 is 1.84 bits per heavy atom. The van der Waals surface area contributed by atoms with Crippen LogP contribution in [0.5, 0.6) is 5.75 Å². The lowest BCUT2D eigenvalue weighted by molar-refractivity contribution is -0.142. The van der Waals surface area contributed by atoms with Gasteiger partial charge in [0, 0.05) is 7.11 Å². The molecule has 0 aliphatic heterocycles. The van der Waals surface area contributed by atoms with E-state index in [1.54, 1.807) is 30.3 Å². The highest BCUT2D eigenvalue weighted by atomic mass is 31.2. The SMILES string of the molecule is C.COC(=O)C(C)NP(=O)(OC)Oc1ccccc1. The molecule has 0 bridgehead atoms. The number of benzene rings is 1. The third-order valence-corrected chi connectivity index (χ3v) is 3.75. The fraction of sp³-hybridized carbons (Fsp3) is 0.417. The molecule has 0 saturated heterocycles. The van der Waals surface area contributed by atoms with E-state index in [0.29, 0.717) is 5.75 Å². The minimum Gasteiger partial charge on any atom is -0.468 e. The molecule has 108 valence electrons. The summed E-state index contributed by atoms with van der Waals surface area (Å²) in [5, 5.41) is 2.48. The number of hydrogen-bond donors (Lipinski definition) is 1. The molecule has 0 saturated carbocycles. The minimum absolute atomic E-state index is 0. The van der Waals surface area contributed by atoms with Crippen LogP contribution in [0.15, 0.2) is 30.3 Å². The van der Waals surface area contributed by atoms with Crippen LogP contribution in [0.2, 0.25) is 0 Å². The van der Waals surface area contributed by atoms with Crippen molar-refractivity contribution in [3.63, 3.8) is 0 Å². The zero-order chi connectivity index (χ0) is 13.6. The Bertz CT molecular complexity index is 437. The third kappa shape index (κ3) is 5.42. The van der Waals surface area contributed by atoms with Gasteiger partial charge in [0.05, 0.1) is 7.11 Å². The van der Waals surface area contributed by atoms with Crippen LogP contribution in [0.25, 0.3) is 0 Å². The highest BCUT2D eigenvalue weighted by molar-refractivity contribution is 7.52. The van der Waals surface area contributed by atoms with Crippen molar-refractivity contribution in [3.05, 3.63) is 30.3 Å². The van der Waals surface area contributed by atoms with Crippen molar-refractivity contribution in [1.82, 2.24) is 5.09 Å². The van der Waals surface area contributed by atoms with Crippen molar-refractivity contribution < 1.29 is 23.1 Å². The van der Waals surface area contributed by atoms with E-state index < -0.39 is 19.8 Å². The van der Waals surface area contributed by atoms with Crippen molar-refractivity contribution in [2.45, 2.75) is 20.4 Å². The van der Waals surface area contributed by atoms with Gasteiger partial charge in [0.25, 0.3) is 0 Å². The maximum atomic E-state index is 12.2. The highest BCUT2D eigenvalue weighted by Gasteiger charge is 2.30. The van der Waals surface area contributed by atoms with Gasteiger partial charge >= 0.3 is 13.7 Å². The first-order valence-electron chi connectivity index (χ1n) is 5.27. The van der Waals surface area contributed by atoms with Crippen LogP contribution in [-0.2, 0) is 18.6 Å². The molecule has 6 nitrogen and oxygen atoms in total. The summed E-state index contributed by atoms with van der Waals surface area (Å²) in [6, 6.07) is 7.74. The smallest absolute Gasteiger partial charge is 0.459 e. The van der Waals surface area contributed by atoms with Crippen molar-refractivity contribution in [2.75, 3.05) is 14.2 Å². The Hall–Kier alpha value is -1.36. The third-order valence-electron chi connectivity index (χ3n) is 2.12. The Morgan fingerprint density at radius 3 is 2.32 bits per heavy atom. The summed E-state index contributed by atoms with van der Waals surface area (Å²) in [6.45, 7) is 1.51. The van der Waals surface area contributed by atoms with Gasteiger partial charge in [-0.3, -0.25) is 9.32 Å². The summed E-state index contributed by atoms with van der Waals surface area (Å²) in [6.07, 6.45) is 0. The molecule has 1 N–H and O–H groups in total. The van der Waals surface area contributed by atoms with Gasteiger partial charge in [-0.25, -0.2) is 4.57 Å². The molecule has 2 unspecified atom stereocenters. The summed E-state index contributed by atoms with van der Waals surface area (Å²) < 4.78 is 26.8. The normalized spacial score (nSPS) is 14.7. The second-order valence-corrected chi connectivity index (χ2v) is 5.26. The van der Waals surface area contributed by atoms with Crippen molar-refractivity contribution in [3.8, 4) is 5.75 Å². The van der Waals surface area contributed by atoms with Crippen LogP contribution >= 0.6 is 7.75 Å². The minimum atomic E-state index is -3.60. The van der Waals surface area contributed by atoms with E-state index in [2.05, 4.69) is 9.82 Å². The van der Waals surface area contributed by atoms with Gasteiger partial charge in [0.15, 0.2) is 0 Å². The molecule has 7 heteroatoms. The molecule has 0 radical (unpaired) electrons. The maximum Gasteiger partial charge on any atom is 0.459 e. The van der Waals surface area contributed by atoms with Gasteiger partial charge in [-0.05, 0) is 19.1 Å². The zero-order valence-corrected chi connectivity index (χ0v) is 11.3. The van der Waals surface area contributed by atoms with E-state index in [1.165, 1.54) is 21.1 Å². The molecular formula is C12H20NO5P. The molecule has 2 atom stereocenters. The van der Waals surface area contributed by atoms with Crippen LogP contribution in [0.4, 0.5) is 0 Å². The number of carbonyl (C=O) groups excluding carboxylic acids is 1. The quantitative estimate of drug-likeness (QED) is 0.641. The number of esters is 1. The number of methoxy groups -OCH3 is 1. The fourth-order valence-corrected chi connectivity index (χ4v) is 2.41. The van der Waals surface area contributed by atoms with E-state index in [9.17, 15) is 9.36 Å². The van der Waals surface area contributed by atoms with Gasteiger partial charge in [-0.1, -0.05) is 25.6 Å². The standard InChI is InChI=1S/C11H16NO5P.CH4/c1-9(11(13)15-2)12-18(14,16-3)17-10-7-5-4-6-8-10;/h4-9H,1-3H3,(H,12,14);1H4. The zero-order valence-electron chi connectivity index (χ0n) is 10.5. The Morgan fingerprint density at radius 1 is 1.26 bits per heavy atom. The van der Waals surface area contributed by atoms with Gasteiger partial charge in [-0.2, -0.15) is 5.09 Å². The number of para-hydroxylation sites is 1. The number of hydrogen-bond acceptors (Lipinski definition) is 5. The van der Waals surface area contributed by atoms with Crippen molar-refractivity contribution in [2.24, 2.45) is 0 Å². The van der Waals surface area contributed by atoms with Crippen LogP contribution < -0.4 is 9.61 Å². The second kappa shape index (κ2) is 7.94. The van der Waals surface area contributed by atoms with Gasteiger partial charge in [-0.15, -0.1) is 0 Å². The molecule has 1 aromatic carbocycles. The van der Waals surface area contributed by atoms with Crippen molar-refractivity contribution in [1.29, 1.82) is 0 Å². The predicted molar refractivity (Wildman–Crippen MR) is 73.0 cm³/mol. The summed E-state index contributed by atoms with van der Waals surface area (Å²) in [5.74, 6) is -0.170. The molecule has 0 fully saturated rings. The molecular weight excluding hydrogens is 269 g/mol. The van der Waals surface area contributed by atoms with E-state index in [1.807, 2.05) is 0 Å². The first-order chi connectivity index (χ1) is 8.50. The Kier molecular flexibility index (Phi) is 7.37. The van der Waals surface area contributed by atoms with E-state index in [-0.39, 0.29) is 7.43 Å². The average Bonchev–Trinajstić information content (AvgIpc) is 2.38. The Labute approximate surface area is 113 Å². The number of nitrogens with one attached hydrogen (secondary N) is 1. The molecule has 0 heterocycles. The summed E-state index contributed by atoms with van der Waals surface area (Å²) >= 11 is 0. The molecule has 0 aliphatic rings. The summed E-state index contributed by atoms with van der Waals surface area (Å²) in [5.41, 5.74) is 0. The van der Waals surface area contributed by atoms with Crippen LogP contribution in [-0.4, -0.2) is 26.2 Å². The van der Waals surface area contributed by atoms with Crippen LogP contribution in [0, 0.1) is 0 Å². The molecule has 0 spiro atoms. The van der Waals surface area contributed by atoms with Gasteiger partial charge < -0.3 is 9.26 Å². The van der Waals surface area contributed by atoms with E-state index >= 15 is 0 Å². The first-order valence-corrected chi connectivity index (χ1v) is 6.81. The number of ether oxygens (including phenoxy) is 1. The number of rotatable bonds is 6. The van der Waals surface area contributed by atoms with E-state index in [0.717, 1.165) is 0 Å². The molecule has 1 aromatic rings. The molecule has 1 rings (SSSR count). The Balaban J connectivity index is 0.00000324. The molecule has 0 amide bonds. The fourth-order valence-electron chi connectivity index (χ4n) is 1.20. The first kappa shape index (κ1) is 17.6. The largest absolute Gasteiger partial charge is 0.468 e. The predicted octanol–water partition coefficient (Wildman–Crippen LogP) is 2.61. The van der Waals surface area contributed by atoms with Gasteiger partial charge in [0.2, 0.25) is 0 Å². The lowest BCUT2D eigenvalue weighted by Gasteiger charge is -2.20. The molecule has 0 aliphatic carbocycles. The second-order valence-electron chi connectivity index (χ2n) is 3.46. The topological polar surface area (TPSA) is 73.9 Å². The average molecular weight is 289 g/mol. The van der Waals surface area contributed by atoms with Crippen LogP contribution in [0.1, 0.15) is 14.4 Å². The molecule has 19 heavy (non-hydrogen) atoms. The van der Waals surface area contributed by atoms with Crippen molar-refractivity contribution >= 4 is 13.7 Å². The molecule has 0 aromatic heterocycles. The summed E-state index contributed by atoms with van der Waals surface area (Å²) in [7, 11) is -1.11. The lowest BCUT2D eigenvalue weighted by atomic mass is 10.3.